The van der Waals surface area contributed by atoms with Crippen LogP contribution in [0.25, 0.3) is 0 Å². The van der Waals surface area contributed by atoms with Crippen LogP contribution in [0.5, 0.6) is 11.5 Å². The van der Waals surface area contributed by atoms with E-state index in [0.29, 0.717) is 5.56 Å². The van der Waals surface area contributed by atoms with E-state index in [1.807, 2.05) is 0 Å². The maximum atomic E-state index is 13.6. The van der Waals surface area contributed by atoms with Crippen LogP contribution in [-0.2, 0) is 5.60 Å². The van der Waals surface area contributed by atoms with Crippen molar-refractivity contribution < 1.29 is 40.2 Å². The van der Waals surface area contributed by atoms with Crippen molar-refractivity contribution in [2.24, 2.45) is 0 Å². The largest absolute Gasteiger partial charge is 0.507 e. The first kappa shape index (κ1) is 21.8. The van der Waals surface area contributed by atoms with Crippen LogP contribution in [0.15, 0.2) is 48.5 Å². The summed E-state index contributed by atoms with van der Waals surface area (Å²) < 4.78 is 0. The SMILES string of the molecule is C[C@@H](O)[C@]1(O)[C@H]2Nc3c(cc(O)c4c3C(=O)c3c(O)cccc3C4=O)[C@]1(O)[C@H](O)c1ccccc12. The first-order valence-corrected chi connectivity index (χ1v) is 11.0. The Hall–Kier alpha value is -3.76. The van der Waals surface area contributed by atoms with Crippen LogP contribution in [0, 0.1) is 0 Å². The van der Waals surface area contributed by atoms with Crippen molar-refractivity contribution in [3.8, 4) is 11.5 Å². The Bertz CT molecular complexity index is 1480. The molecule has 0 spiro atoms. The average molecular weight is 475 g/mol. The molecule has 35 heavy (non-hydrogen) atoms. The Morgan fingerprint density at radius 1 is 0.886 bits per heavy atom. The lowest BCUT2D eigenvalue weighted by Crippen LogP contribution is -2.70. The normalized spacial score (nSPS) is 28.8. The molecule has 0 aromatic heterocycles. The number of aliphatic hydroxyl groups is 4. The summed E-state index contributed by atoms with van der Waals surface area (Å²) in [6.07, 6.45) is -3.34. The number of ketones is 2. The number of carbonyl (C=O) groups is 2. The molecular weight excluding hydrogens is 454 g/mol. The molecule has 1 heterocycles. The highest BCUT2D eigenvalue weighted by atomic mass is 16.4. The van der Waals surface area contributed by atoms with Crippen LogP contribution in [0.2, 0.25) is 0 Å². The van der Waals surface area contributed by atoms with Gasteiger partial charge in [-0.15, -0.1) is 0 Å². The number of aliphatic hydroxyl groups excluding tert-OH is 2. The van der Waals surface area contributed by atoms with Crippen molar-refractivity contribution in [1.29, 1.82) is 0 Å². The molecule has 2 aliphatic carbocycles. The molecule has 5 atom stereocenters. The van der Waals surface area contributed by atoms with Gasteiger partial charge < -0.3 is 36.0 Å². The van der Waals surface area contributed by atoms with Gasteiger partial charge in [-0.05, 0) is 30.2 Å². The topological polar surface area (TPSA) is 168 Å². The Kier molecular flexibility index (Phi) is 4.15. The van der Waals surface area contributed by atoms with Crippen molar-refractivity contribution in [3.05, 3.63) is 87.5 Å². The zero-order valence-corrected chi connectivity index (χ0v) is 18.4. The summed E-state index contributed by atoms with van der Waals surface area (Å²) in [5, 5.41) is 70.1. The van der Waals surface area contributed by atoms with E-state index in [9.17, 15) is 40.2 Å². The summed E-state index contributed by atoms with van der Waals surface area (Å²) >= 11 is 0. The van der Waals surface area contributed by atoms with E-state index in [4.69, 9.17) is 0 Å². The molecule has 0 amide bonds. The summed E-state index contributed by atoms with van der Waals surface area (Å²) in [6.45, 7) is 1.26. The standard InChI is InChI=1S/C26H21NO8/c1-10(28)25(34)23-11-5-2-3-6-12(11)24(33)26(25,35)14-9-16(30)18-19(20(14)27-23)22(32)17-13(21(18)31)7-4-8-15(17)29/h2-10,23-24,27-30,33-35H,1H3/t10-,23+,24-,25+,26+/m1/s1. The quantitative estimate of drug-likeness (QED) is 0.201. The molecule has 2 bridgehead atoms. The van der Waals surface area contributed by atoms with Gasteiger partial charge in [0.05, 0.1) is 34.5 Å². The number of phenolic OH excluding ortho intramolecular Hbond substituents is 2. The van der Waals surface area contributed by atoms with E-state index < -0.39 is 52.5 Å². The highest BCUT2D eigenvalue weighted by molar-refractivity contribution is 6.32. The molecule has 9 heteroatoms. The van der Waals surface area contributed by atoms with Gasteiger partial charge >= 0.3 is 0 Å². The summed E-state index contributed by atoms with van der Waals surface area (Å²) in [6, 6.07) is 10.3. The number of nitrogens with one attached hydrogen (secondary N) is 1. The highest BCUT2D eigenvalue weighted by Crippen LogP contribution is 2.62. The van der Waals surface area contributed by atoms with Crippen molar-refractivity contribution in [2.75, 3.05) is 5.32 Å². The summed E-state index contributed by atoms with van der Waals surface area (Å²) in [4.78, 5) is 26.9. The molecule has 1 aliphatic heterocycles. The number of fused-ring (bicyclic) bond motifs is 9. The van der Waals surface area contributed by atoms with Crippen molar-refractivity contribution in [3.63, 3.8) is 0 Å². The molecule has 0 saturated heterocycles. The third-order valence-corrected chi connectivity index (χ3v) is 7.66. The number of hydrogen-bond acceptors (Lipinski definition) is 9. The van der Waals surface area contributed by atoms with Gasteiger partial charge in [0.2, 0.25) is 0 Å². The van der Waals surface area contributed by atoms with Crippen molar-refractivity contribution >= 4 is 17.3 Å². The average Bonchev–Trinajstić information content (AvgIpc) is 2.83. The van der Waals surface area contributed by atoms with Crippen molar-refractivity contribution in [1.82, 2.24) is 0 Å². The molecule has 0 unspecified atom stereocenters. The monoisotopic (exact) mass is 475 g/mol. The minimum absolute atomic E-state index is 0.0849. The Labute approximate surface area is 198 Å². The fourth-order valence-electron chi connectivity index (χ4n) is 5.98. The van der Waals surface area contributed by atoms with Gasteiger partial charge in [-0.3, -0.25) is 9.59 Å². The van der Waals surface area contributed by atoms with Crippen LogP contribution in [-0.4, -0.2) is 53.9 Å². The van der Waals surface area contributed by atoms with Gasteiger partial charge in [0.1, 0.15) is 23.2 Å². The Balaban J connectivity index is 1.72. The van der Waals surface area contributed by atoms with E-state index in [2.05, 4.69) is 5.32 Å². The molecule has 0 radical (unpaired) electrons. The van der Waals surface area contributed by atoms with E-state index in [1.54, 1.807) is 24.3 Å². The zero-order valence-electron chi connectivity index (χ0n) is 18.4. The predicted molar refractivity (Wildman–Crippen MR) is 121 cm³/mol. The van der Waals surface area contributed by atoms with Gasteiger partial charge in [-0.1, -0.05) is 36.4 Å². The van der Waals surface area contributed by atoms with Gasteiger partial charge in [0.15, 0.2) is 17.2 Å². The van der Waals surface area contributed by atoms with Crippen LogP contribution < -0.4 is 5.32 Å². The van der Waals surface area contributed by atoms with E-state index >= 15 is 0 Å². The third kappa shape index (κ3) is 2.31. The number of phenols is 2. The van der Waals surface area contributed by atoms with E-state index in [-0.39, 0.29) is 39.1 Å². The molecule has 0 fully saturated rings. The lowest BCUT2D eigenvalue weighted by Gasteiger charge is -2.59. The smallest absolute Gasteiger partial charge is 0.200 e. The number of benzene rings is 3. The molecule has 178 valence electrons. The second kappa shape index (κ2) is 6.67. The summed E-state index contributed by atoms with van der Waals surface area (Å²) in [7, 11) is 0. The molecule has 9 nitrogen and oxygen atoms in total. The fourth-order valence-corrected chi connectivity index (χ4v) is 5.98. The predicted octanol–water partition coefficient (Wildman–Crippen LogP) is 1.39. The fraction of sp³-hybridized carbons (Fsp3) is 0.231. The Morgan fingerprint density at radius 2 is 1.57 bits per heavy atom. The molecule has 0 saturated carbocycles. The van der Waals surface area contributed by atoms with Gasteiger partial charge in [-0.25, -0.2) is 0 Å². The molecule has 6 rings (SSSR count). The molecule has 3 aliphatic rings. The number of anilines is 1. The second-order valence-corrected chi connectivity index (χ2v) is 9.30. The molecular formula is C26H21NO8. The lowest BCUT2D eigenvalue weighted by molar-refractivity contribution is -0.263. The summed E-state index contributed by atoms with van der Waals surface area (Å²) in [5.41, 5.74) is -5.65. The van der Waals surface area contributed by atoms with Crippen LogP contribution in [0.1, 0.15) is 67.6 Å². The van der Waals surface area contributed by atoms with Gasteiger partial charge in [0.25, 0.3) is 0 Å². The van der Waals surface area contributed by atoms with Crippen molar-refractivity contribution in [2.45, 2.75) is 36.4 Å². The van der Waals surface area contributed by atoms with Gasteiger partial charge in [-0.2, -0.15) is 0 Å². The first-order valence-electron chi connectivity index (χ1n) is 11.0. The highest BCUT2D eigenvalue weighted by Gasteiger charge is 2.69. The second-order valence-electron chi connectivity index (χ2n) is 9.30. The molecule has 7 N–H and O–H groups in total. The number of rotatable bonds is 1. The maximum absolute atomic E-state index is 13.6. The van der Waals surface area contributed by atoms with Crippen LogP contribution in [0.3, 0.4) is 0 Å². The number of hydrogen-bond donors (Lipinski definition) is 7. The lowest BCUT2D eigenvalue weighted by atomic mass is 9.57. The maximum Gasteiger partial charge on any atom is 0.200 e. The third-order valence-electron chi connectivity index (χ3n) is 7.66. The van der Waals surface area contributed by atoms with E-state index in [1.165, 1.54) is 25.1 Å². The molecule has 3 aromatic rings. The number of carbonyl (C=O) groups excluding carboxylic acids is 2. The minimum atomic E-state index is -2.59. The molecule has 3 aromatic carbocycles. The van der Waals surface area contributed by atoms with Crippen LogP contribution in [0.4, 0.5) is 5.69 Å². The summed E-state index contributed by atoms with van der Waals surface area (Å²) in [5.74, 6) is -2.57. The number of aromatic hydroxyl groups is 2. The van der Waals surface area contributed by atoms with E-state index in [0.717, 1.165) is 6.07 Å². The first-order chi connectivity index (χ1) is 16.5. The zero-order chi connectivity index (χ0) is 25.0. The minimum Gasteiger partial charge on any atom is -0.507 e. The van der Waals surface area contributed by atoms with Crippen LogP contribution >= 0.6 is 0 Å². The van der Waals surface area contributed by atoms with Gasteiger partial charge in [0, 0.05) is 11.1 Å². The Morgan fingerprint density at radius 3 is 2.26 bits per heavy atom.